The Morgan fingerprint density at radius 1 is 1.17 bits per heavy atom. The van der Waals surface area contributed by atoms with Gasteiger partial charge in [-0.15, -0.1) is 0 Å². The fourth-order valence-electron chi connectivity index (χ4n) is 3.55. The van der Waals surface area contributed by atoms with Gasteiger partial charge in [0.25, 0.3) is 0 Å². The third-order valence-corrected chi connectivity index (χ3v) is 4.91. The highest BCUT2D eigenvalue weighted by Gasteiger charge is 2.24. The van der Waals surface area contributed by atoms with E-state index in [0.717, 1.165) is 52.2 Å². The Balaban J connectivity index is 1.59. The van der Waals surface area contributed by atoms with E-state index >= 15 is 0 Å². The van der Waals surface area contributed by atoms with Gasteiger partial charge in [0.15, 0.2) is 0 Å². The molecule has 24 heavy (non-hydrogen) atoms. The van der Waals surface area contributed by atoms with Gasteiger partial charge in [0.05, 0.1) is 13.2 Å². The number of morpholine rings is 1. The van der Waals surface area contributed by atoms with Gasteiger partial charge in [-0.3, -0.25) is 0 Å². The van der Waals surface area contributed by atoms with Crippen LogP contribution >= 0.6 is 0 Å². The molecule has 3 rings (SSSR count). The van der Waals surface area contributed by atoms with E-state index in [-0.39, 0.29) is 12.1 Å². The van der Waals surface area contributed by atoms with Crippen molar-refractivity contribution in [3.63, 3.8) is 0 Å². The van der Waals surface area contributed by atoms with Gasteiger partial charge in [-0.25, -0.2) is 4.79 Å². The zero-order valence-corrected chi connectivity index (χ0v) is 14.8. The maximum atomic E-state index is 12.1. The van der Waals surface area contributed by atoms with E-state index in [1.54, 1.807) is 0 Å². The first-order valence-corrected chi connectivity index (χ1v) is 9.11. The van der Waals surface area contributed by atoms with Crippen molar-refractivity contribution in [2.45, 2.75) is 38.6 Å². The van der Waals surface area contributed by atoms with Crippen LogP contribution in [0.1, 0.15) is 38.2 Å². The lowest BCUT2D eigenvalue weighted by atomic mass is 9.89. The number of anilines is 1. The van der Waals surface area contributed by atoms with Gasteiger partial charge < -0.3 is 19.9 Å². The second-order valence-corrected chi connectivity index (χ2v) is 7.06. The normalized spacial score (nSPS) is 19.6. The number of carbonyl (C=O) groups excluding carboxylic acids is 1. The molecule has 0 radical (unpaired) electrons. The number of carbonyl (C=O) groups is 1. The fraction of sp³-hybridized carbons (Fsp3) is 0.632. The molecular formula is C19H29N3O2. The number of amides is 2. The molecule has 0 aliphatic carbocycles. The molecule has 1 aromatic carbocycles. The summed E-state index contributed by atoms with van der Waals surface area (Å²) in [7, 11) is 0. The van der Waals surface area contributed by atoms with Gasteiger partial charge in [-0.2, -0.15) is 0 Å². The summed E-state index contributed by atoms with van der Waals surface area (Å²) in [6.07, 6.45) is 2.08. The van der Waals surface area contributed by atoms with Crippen molar-refractivity contribution in [1.29, 1.82) is 0 Å². The quantitative estimate of drug-likeness (QED) is 0.926. The Hall–Kier alpha value is -1.75. The van der Waals surface area contributed by atoms with E-state index in [1.165, 1.54) is 11.3 Å². The molecule has 1 aromatic rings. The molecule has 0 bridgehead atoms. The summed E-state index contributed by atoms with van der Waals surface area (Å²) < 4.78 is 5.44. The van der Waals surface area contributed by atoms with Crippen LogP contribution < -0.4 is 10.2 Å². The zero-order chi connectivity index (χ0) is 16.9. The van der Waals surface area contributed by atoms with Crippen LogP contribution in [0.2, 0.25) is 0 Å². The minimum atomic E-state index is 0.0746. The van der Waals surface area contributed by atoms with Crippen LogP contribution in [-0.2, 0) is 4.74 Å². The molecule has 0 spiro atoms. The SMILES string of the molecule is CC(C)NC(=O)N1CCC(c2cccc(N3CCOCC3)c2)CC1. The smallest absolute Gasteiger partial charge is 0.317 e. The third kappa shape index (κ3) is 4.20. The molecule has 0 aromatic heterocycles. The molecule has 2 fully saturated rings. The van der Waals surface area contributed by atoms with Crippen molar-refractivity contribution >= 4 is 11.7 Å². The monoisotopic (exact) mass is 331 g/mol. The van der Waals surface area contributed by atoms with Gasteiger partial charge in [0.1, 0.15) is 0 Å². The molecule has 0 unspecified atom stereocenters. The van der Waals surface area contributed by atoms with Gasteiger partial charge in [0.2, 0.25) is 0 Å². The lowest BCUT2D eigenvalue weighted by Crippen LogP contribution is -2.46. The van der Waals surface area contributed by atoms with Crippen LogP contribution in [0.5, 0.6) is 0 Å². The summed E-state index contributed by atoms with van der Waals surface area (Å²) in [6.45, 7) is 9.25. The van der Waals surface area contributed by atoms with Gasteiger partial charge >= 0.3 is 6.03 Å². The highest BCUT2D eigenvalue weighted by molar-refractivity contribution is 5.74. The highest BCUT2D eigenvalue weighted by Crippen LogP contribution is 2.30. The van der Waals surface area contributed by atoms with Crippen molar-refractivity contribution in [2.24, 2.45) is 0 Å². The van der Waals surface area contributed by atoms with Crippen molar-refractivity contribution in [3.8, 4) is 0 Å². The highest BCUT2D eigenvalue weighted by atomic mass is 16.5. The summed E-state index contributed by atoms with van der Waals surface area (Å²) in [5.41, 5.74) is 2.71. The summed E-state index contributed by atoms with van der Waals surface area (Å²) in [5.74, 6) is 0.550. The molecule has 5 heteroatoms. The number of nitrogens with zero attached hydrogens (tertiary/aromatic N) is 2. The number of urea groups is 1. The molecule has 1 N–H and O–H groups in total. The number of piperidine rings is 1. The summed E-state index contributed by atoms with van der Waals surface area (Å²) in [4.78, 5) is 16.5. The molecule has 5 nitrogen and oxygen atoms in total. The Bertz CT molecular complexity index is 547. The number of rotatable bonds is 3. The van der Waals surface area contributed by atoms with Gasteiger partial charge in [0, 0.05) is 37.9 Å². The number of nitrogens with one attached hydrogen (secondary N) is 1. The maximum absolute atomic E-state index is 12.1. The average Bonchev–Trinajstić information content (AvgIpc) is 2.62. The molecule has 2 amide bonds. The van der Waals surface area contributed by atoms with Crippen LogP contribution in [0.15, 0.2) is 24.3 Å². The third-order valence-electron chi connectivity index (χ3n) is 4.91. The predicted molar refractivity (Wildman–Crippen MR) is 96.7 cm³/mol. The number of likely N-dealkylation sites (tertiary alicyclic amines) is 1. The van der Waals surface area contributed by atoms with Crippen LogP contribution in [0.25, 0.3) is 0 Å². The van der Waals surface area contributed by atoms with E-state index in [4.69, 9.17) is 4.74 Å². The van der Waals surface area contributed by atoms with Gasteiger partial charge in [-0.1, -0.05) is 12.1 Å². The van der Waals surface area contributed by atoms with Crippen LogP contribution in [0, 0.1) is 0 Å². The molecule has 132 valence electrons. The van der Waals surface area contributed by atoms with Crippen molar-refractivity contribution in [3.05, 3.63) is 29.8 Å². The summed E-state index contributed by atoms with van der Waals surface area (Å²) >= 11 is 0. The van der Waals surface area contributed by atoms with Crippen LogP contribution in [-0.4, -0.2) is 56.4 Å². The number of hydrogen-bond acceptors (Lipinski definition) is 3. The molecule has 2 saturated heterocycles. The number of ether oxygens (including phenoxy) is 1. The standard InChI is InChI=1S/C19H29N3O2/c1-15(2)20-19(23)22-8-6-16(7-9-22)17-4-3-5-18(14-17)21-10-12-24-13-11-21/h3-5,14-16H,6-13H2,1-2H3,(H,20,23). The Morgan fingerprint density at radius 3 is 2.54 bits per heavy atom. The van der Waals surface area contributed by atoms with Gasteiger partial charge in [-0.05, 0) is 50.3 Å². The van der Waals surface area contributed by atoms with Crippen LogP contribution in [0.4, 0.5) is 10.5 Å². The zero-order valence-electron chi connectivity index (χ0n) is 14.8. The van der Waals surface area contributed by atoms with E-state index in [1.807, 2.05) is 18.7 Å². The lowest BCUT2D eigenvalue weighted by Gasteiger charge is -2.34. The molecule has 2 heterocycles. The molecule has 0 saturated carbocycles. The van der Waals surface area contributed by atoms with E-state index in [0.29, 0.717) is 5.92 Å². The Morgan fingerprint density at radius 2 is 1.88 bits per heavy atom. The second-order valence-electron chi connectivity index (χ2n) is 7.06. The van der Waals surface area contributed by atoms with E-state index in [2.05, 4.69) is 34.5 Å². The largest absolute Gasteiger partial charge is 0.378 e. The first kappa shape index (κ1) is 17.1. The van der Waals surface area contributed by atoms with E-state index < -0.39 is 0 Å². The first-order valence-electron chi connectivity index (χ1n) is 9.11. The van der Waals surface area contributed by atoms with E-state index in [9.17, 15) is 4.79 Å². The summed E-state index contributed by atoms with van der Waals surface area (Å²) in [6, 6.07) is 9.20. The lowest BCUT2D eigenvalue weighted by molar-refractivity contribution is 0.122. The van der Waals surface area contributed by atoms with Crippen LogP contribution in [0.3, 0.4) is 0 Å². The Kier molecular flexibility index (Phi) is 5.61. The molecular weight excluding hydrogens is 302 g/mol. The van der Waals surface area contributed by atoms with Crippen molar-refractivity contribution in [2.75, 3.05) is 44.3 Å². The first-order chi connectivity index (χ1) is 11.6. The summed E-state index contributed by atoms with van der Waals surface area (Å²) in [5, 5.41) is 2.99. The minimum absolute atomic E-state index is 0.0746. The average molecular weight is 331 g/mol. The number of benzene rings is 1. The van der Waals surface area contributed by atoms with Crippen molar-refractivity contribution in [1.82, 2.24) is 10.2 Å². The maximum Gasteiger partial charge on any atom is 0.317 e. The molecule has 0 atom stereocenters. The minimum Gasteiger partial charge on any atom is -0.378 e. The second kappa shape index (κ2) is 7.88. The topological polar surface area (TPSA) is 44.8 Å². The number of hydrogen-bond donors (Lipinski definition) is 1. The molecule has 2 aliphatic rings. The molecule has 2 aliphatic heterocycles. The van der Waals surface area contributed by atoms with Crippen molar-refractivity contribution < 1.29 is 9.53 Å². The Labute approximate surface area is 145 Å². The predicted octanol–water partition coefficient (Wildman–Crippen LogP) is 2.82. The fourth-order valence-corrected chi connectivity index (χ4v) is 3.55.